The number of carbonyl (C=O) groups is 2. The van der Waals surface area contributed by atoms with Gasteiger partial charge in [-0.25, -0.2) is 5.01 Å². The third-order valence-electron chi connectivity index (χ3n) is 2.85. The van der Waals surface area contributed by atoms with Crippen molar-refractivity contribution in [1.82, 2.24) is 9.91 Å². The quantitative estimate of drug-likeness (QED) is 0.620. The minimum atomic E-state index is -0.0204. The van der Waals surface area contributed by atoms with Gasteiger partial charge in [0.15, 0.2) is 0 Å². The molecule has 0 radical (unpaired) electrons. The summed E-state index contributed by atoms with van der Waals surface area (Å²) in [5.41, 5.74) is 0.527. The van der Waals surface area contributed by atoms with Crippen LogP contribution in [-0.2, 0) is 9.59 Å². The van der Waals surface area contributed by atoms with E-state index in [1.807, 2.05) is 4.90 Å². The predicted octanol–water partition coefficient (Wildman–Crippen LogP) is 0.217. The van der Waals surface area contributed by atoms with Crippen LogP contribution in [-0.4, -0.2) is 47.6 Å². The lowest BCUT2D eigenvalue weighted by molar-refractivity contribution is -0.130. The molecule has 15 heavy (non-hydrogen) atoms. The van der Waals surface area contributed by atoms with Gasteiger partial charge in [-0.2, -0.15) is 5.10 Å². The number of carbonyl (C=O) groups excluding carboxylic acids is 2. The minimum Gasteiger partial charge on any atom is -0.338 e. The van der Waals surface area contributed by atoms with Crippen molar-refractivity contribution in [2.45, 2.75) is 25.7 Å². The second-order valence-corrected chi connectivity index (χ2v) is 3.96. The summed E-state index contributed by atoms with van der Waals surface area (Å²) in [6.07, 6.45) is 3.04. The Morgan fingerprint density at radius 1 is 1.27 bits per heavy atom. The van der Waals surface area contributed by atoms with E-state index in [0.717, 1.165) is 25.9 Å². The highest BCUT2D eigenvalue weighted by Crippen LogP contribution is 2.13. The molecule has 0 atom stereocenters. The molecule has 1 fully saturated rings. The highest BCUT2D eigenvalue weighted by Gasteiger charge is 2.27. The molecule has 0 spiro atoms. The van der Waals surface area contributed by atoms with Crippen molar-refractivity contribution in [3.63, 3.8) is 0 Å². The van der Waals surface area contributed by atoms with Crippen LogP contribution in [0.25, 0.3) is 0 Å². The van der Waals surface area contributed by atoms with Crippen LogP contribution in [0, 0.1) is 0 Å². The van der Waals surface area contributed by atoms with E-state index in [-0.39, 0.29) is 11.8 Å². The Hall–Kier alpha value is -1.39. The Morgan fingerprint density at radius 3 is 2.53 bits per heavy atom. The van der Waals surface area contributed by atoms with Crippen LogP contribution in [0.4, 0.5) is 0 Å². The molecule has 0 bridgehead atoms. The Morgan fingerprint density at radius 2 is 1.93 bits per heavy atom. The fourth-order valence-corrected chi connectivity index (χ4v) is 1.93. The van der Waals surface area contributed by atoms with Crippen molar-refractivity contribution < 1.29 is 9.59 Å². The van der Waals surface area contributed by atoms with Crippen LogP contribution in [0.3, 0.4) is 0 Å². The molecule has 0 aromatic heterocycles. The molecule has 2 amide bonds. The summed E-state index contributed by atoms with van der Waals surface area (Å²) >= 11 is 0. The second-order valence-electron chi connectivity index (χ2n) is 3.96. The average Bonchev–Trinajstić information content (AvgIpc) is 2.74. The van der Waals surface area contributed by atoms with E-state index in [2.05, 4.69) is 5.10 Å². The average molecular weight is 209 g/mol. The standard InChI is InChI=1S/C10H15N3O2/c1-12-9(14)5-4-8(11-12)10(15)13-6-2-3-7-13/h2-7H2,1H3. The molecule has 82 valence electrons. The highest BCUT2D eigenvalue weighted by molar-refractivity contribution is 6.39. The summed E-state index contributed by atoms with van der Waals surface area (Å²) in [5.74, 6) is -0.0141. The maximum Gasteiger partial charge on any atom is 0.270 e. The maximum atomic E-state index is 11.9. The maximum absolute atomic E-state index is 11.9. The topological polar surface area (TPSA) is 53.0 Å². The number of amides is 2. The Labute approximate surface area is 88.7 Å². The molecule has 0 N–H and O–H groups in total. The van der Waals surface area contributed by atoms with Crippen molar-refractivity contribution in [3.8, 4) is 0 Å². The van der Waals surface area contributed by atoms with E-state index < -0.39 is 0 Å². The first kappa shape index (κ1) is 10.1. The van der Waals surface area contributed by atoms with E-state index in [0.29, 0.717) is 18.6 Å². The van der Waals surface area contributed by atoms with Crippen LogP contribution < -0.4 is 0 Å². The van der Waals surface area contributed by atoms with Crippen molar-refractivity contribution in [1.29, 1.82) is 0 Å². The molecular formula is C10H15N3O2. The van der Waals surface area contributed by atoms with Gasteiger partial charge in [0, 0.05) is 33.0 Å². The van der Waals surface area contributed by atoms with Gasteiger partial charge >= 0.3 is 0 Å². The van der Waals surface area contributed by atoms with Gasteiger partial charge in [0.05, 0.1) is 0 Å². The first-order valence-corrected chi connectivity index (χ1v) is 5.32. The number of nitrogens with zero attached hydrogens (tertiary/aromatic N) is 3. The Kier molecular flexibility index (Phi) is 2.70. The van der Waals surface area contributed by atoms with Crippen molar-refractivity contribution in [3.05, 3.63) is 0 Å². The Bertz CT molecular complexity index is 319. The number of likely N-dealkylation sites (tertiary alicyclic amines) is 1. The van der Waals surface area contributed by atoms with Crippen LogP contribution in [0.2, 0.25) is 0 Å². The van der Waals surface area contributed by atoms with E-state index in [4.69, 9.17) is 0 Å². The lowest BCUT2D eigenvalue weighted by Gasteiger charge is -2.22. The van der Waals surface area contributed by atoms with Crippen LogP contribution in [0.5, 0.6) is 0 Å². The van der Waals surface area contributed by atoms with Gasteiger partial charge in [-0.3, -0.25) is 9.59 Å². The van der Waals surface area contributed by atoms with Crippen LogP contribution >= 0.6 is 0 Å². The van der Waals surface area contributed by atoms with E-state index >= 15 is 0 Å². The van der Waals surface area contributed by atoms with Crippen LogP contribution in [0.15, 0.2) is 5.10 Å². The molecule has 2 rings (SSSR count). The lowest BCUT2D eigenvalue weighted by Crippen LogP contribution is -2.39. The molecule has 0 aromatic carbocycles. The van der Waals surface area contributed by atoms with Gasteiger partial charge in [0.2, 0.25) is 5.91 Å². The first-order chi connectivity index (χ1) is 7.18. The third kappa shape index (κ3) is 2.00. The molecule has 0 aliphatic carbocycles. The summed E-state index contributed by atoms with van der Waals surface area (Å²) < 4.78 is 0. The molecular weight excluding hydrogens is 194 g/mol. The highest BCUT2D eigenvalue weighted by atomic mass is 16.2. The lowest BCUT2D eigenvalue weighted by atomic mass is 10.1. The first-order valence-electron chi connectivity index (χ1n) is 5.32. The van der Waals surface area contributed by atoms with E-state index in [1.54, 1.807) is 7.05 Å². The summed E-state index contributed by atoms with van der Waals surface area (Å²) in [7, 11) is 1.60. The minimum absolute atomic E-state index is 0.00634. The normalized spacial score (nSPS) is 21.9. The number of hydrogen-bond donors (Lipinski definition) is 0. The van der Waals surface area contributed by atoms with Crippen molar-refractivity contribution in [2.75, 3.05) is 20.1 Å². The van der Waals surface area contributed by atoms with Gasteiger partial charge in [-0.15, -0.1) is 0 Å². The summed E-state index contributed by atoms with van der Waals surface area (Å²) in [5, 5.41) is 5.29. The van der Waals surface area contributed by atoms with Gasteiger partial charge in [-0.05, 0) is 12.8 Å². The zero-order valence-corrected chi connectivity index (χ0v) is 8.90. The molecule has 5 nitrogen and oxygen atoms in total. The van der Waals surface area contributed by atoms with E-state index in [9.17, 15) is 9.59 Å². The van der Waals surface area contributed by atoms with Crippen LogP contribution in [0.1, 0.15) is 25.7 Å². The van der Waals surface area contributed by atoms with Gasteiger partial charge < -0.3 is 4.90 Å². The second kappa shape index (κ2) is 4.00. The molecule has 1 saturated heterocycles. The van der Waals surface area contributed by atoms with Crippen molar-refractivity contribution in [2.24, 2.45) is 5.10 Å². The predicted molar refractivity (Wildman–Crippen MR) is 55.3 cm³/mol. The molecule has 2 aliphatic heterocycles. The zero-order valence-electron chi connectivity index (χ0n) is 8.90. The fraction of sp³-hybridized carbons (Fsp3) is 0.700. The molecule has 0 unspecified atom stereocenters. The number of rotatable bonds is 1. The number of hydrogen-bond acceptors (Lipinski definition) is 3. The summed E-state index contributed by atoms with van der Waals surface area (Å²) in [6, 6.07) is 0. The SMILES string of the molecule is CN1N=C(C(=O)N2CCCC2)CCC1=O. The smallest absolute Gasteiger partial charge is 0.270 e. The molecule has 5 heteroatoms. The Balaban J connectivity index is 2.07. The summed E-state index contributed by atoms with van der Waals surface area (Å²) in [4.78, 5) is 24.9. The monoisotopic (exact) mass is 209 g/mol. The van der Waals surface area contributed by atoms with Gasteiger partial charge in [0.25, 0.3) is 5.91 Å². The number of hydrazone groups is 1. The molecule has 0 saturated carbocycles. The molecule has 0 aromatic rings. The van der Waals surface area contributed by atoms with Gasteiger partial charge in [-0.1, -0.05) is 0 Å². The van der Waals surface area contributed by atoms with E-state index in [1.165, 1.54) is 5.01 Å². The van der Waals surface area contributed by atoms with Crippen molar-refractivity contribution >= 4 is 17.5 Å². The molecule has 2 heterocycles. The largest absolute Gasteiger partial charge is 0.338 e. The molecule has 2 aliphatic rings. The zero-order chi connectivity index (χ0) is 10.8. The fourth-order valence-electron chi connectivity index (χ4n) is 1.93. The third-order valence-corrected chi connectivity index (χ3v) is 2.85. The van der Waals surface area contributed by atoms with Gasteiger partial charge in [0.1, 0.15) is 5.71 Å². The summed E-state index contributed by atoms with van der Waals surface area (Å²) in [6.45, 7) is 1.66.